The number of ether oxygens (including phenoxy) is 1. The fourth-order valence-corrected chi connectivity index (χ4v) is 5.29. The number of nitrogens with zero attached hydrogens (tertiary/aromatic N) is 2. The summed E-state index contributed by atoms with van der Waals surface area (Å²) in [4.78, 5) is 32.0. The Morgan fingerprint density at radius 3 is 2.50 bits per heavy atom. The molecular formula is C31H35ClFN3O4. The molecule has 1 unspecified atom stereocenters. The van der Waals surface area contributed by atoms with Gasteiger partial charge in [0, 0.05) is 17.7 Å². The van der Waals surface area contributed by atoms with Gasteiger partial charge in [0.15, 0.2) is 0 Å². The number of hydrogen-bond donors (Lipinski definition) is 2. The predicted octanol–water partition coefficient (Wildman–Crippen LogP) is 6.17. The summed E-state index contributed by atoms with van der Waals surface area (Å²) >= 11 is 6.39. The van der Waals surface area contributed by atoms with Gasteiger partial charge in [-0.05, 0) is 69.3 Å². The number of carbonyl (C=O) groups excluding carboxylic acids is 1. The van der Waals surface area contributed by atoms with E-state index in [1.165, 1.54) is 0 Å². The first kappa shape index (κ1) is 29.5. The maximum absolute atomic E-state index is 14.3. The highest BCUT2D eigenvalue weighted by molar-refractivity contribution is 6.32. The Morgan fingerprint density at radius 2 is 1.82 bits per heavy atom. The molecule has 1 aliphatic rings. The van der Waals surface area contributed by atoms with E-state index in [-0.39, 0.29) is 18.8 Å². The number of carbonyl (C=O) groups is 2. The highest BCUT2D eigenvalue weighted by atomic mass is 35.5. The van der Waals surface area contributed by atoms with Crippen molar-refractivity contribution in [2.45, 2.75) is 50.7 Å². The average Bonchev–Trinajstić information content (AvgIpc) is 2.92. The molecule has 4 rings (SSSR count). The number of pyridine rings is 1. The number of alkyl halides is 1. The van der Waals surface area contributed by atoms with Crippen LogP contribution >= 0.6 is 11.6 Å². The van der Waals surface area contributed by atoms with Gasteiger partial charge in [-0.1, -0.05) is 61.2 Å². The first-order chi connectivity index (χ1) is 19.1. The van der Waals surface area contributed by atoms with Gasteiger partial charge in [0.05, 0.1) is 10.7 Å². The van der Waals surface area contributed by atoms with Gasteiger partial charge in [0.1, 0.15) is 29.8 Å². The number of aliphatic carboxylic acids is 1. The van der Waals surface area contributed by atoms with E-state index in [0.717, 1.165) is 36.0 Å². The zero-order valence-corrected chi connectivity index (χ0v) is 23.8. The van der Waals surface area contributed by atoms with Crippen molar-refractivity contribution < 1.29 is 23.8 Å². The Balaban J connectivity index is 1.73. The number of hydrogen-bond acceptors (Lipinski definition) is 5. The minimum absolute atomic E-state index is 0.103. The number of rotatable bonds is 10. The lowest BCUT2D eigenvalue weighted by Crippen LogP contribution is -2.55. The van der Waals surface area contributed by atoms with Crippen LogP contribution in [0.5, 0.6) is 5.75 Å². The zero-order chi connectivity index (χ0) is 28.9. The molecule has 1 heterocycles. The molecule has 0 saturated heterocycles. The number of aromatic nitrogens is 1. The van der Waals surface area contributed by atoms with Crippen LogP contribution in [-0.4, -0.2) is 65.8 Å². The Hall–Kier alpha value is -3.49. The summed E-state index contributed by atoms with van der Waals surface area (Å²) in [5.74, 6) is -1.27. The van der Waals surface area contributed by atoms with Crippen molar-refractivity contribution in [2.24, 2.45) is 0 Å². The number of benzene rings is 2. The van der Waals surface area contributed by atoms with Crippen LogP contribution in [0, 0.1) is 6.92 Å². The minimum atomic E-state index is -1.30. The van der Waals surface area contributed by atoms with Gasteiger partial charge in [-0.15, -0.1) is 0 Å². The van der Waals surface area contributed by atoms with Crippen molar-refractivity contribution in [1.29, 1.82) is 0 Å². The molecule has 0 aliphatic heterocycles. The second-order valence-electron chi connectivity index (χ2n) is 10.6. The molecule has 0 spiro atoms. The third kappa shape index (κ3) is 6.80. The predicted molar refractivity (Wildman–Crippen MR) is 155 cm³/mol. The molecule has 9 heteroatoms. The number of halogens is 2. The van der Waals surface area contributed by atoms with Crippen LogP contribution < -0.4 is 10.1 Å². The van der Waals surface area contributed by atoms with Gasteiger partial charge in [-0.25, -0.2) is 14.2 Å². The SMILES string of the molecule is Cc1ccccc1-c1ccc(C(=O)NC2(C(=O)O)CCCCC2)nc1-c1ccc(Cl)c(OCC(F)CN(C)C)c1. The largest absolute Gasteiger partial charge is 0.489 e. The van der Waals surface area contributed by atoms with Crippen molar-refractivity contribution in [2.75, 3.05) is 27.2 Å². The molecule has 2 aromatic carbocycles. The lowest BCUT2D eigenvalue weighted by atomic mass is 9.81. The molecular weight excluding hydrogens is 533 g/mol. The van der Waals surface area contributed by atoms with Crippen LogP contribution in [0.15, 0.2) is 54.6 Å². The topological polar surface area (TPSA) is 91.8 Å². The van der Waals surface area contributed by atoms with Crippen LogP contribution in [0.1, 0.15) is 48.2 Å². The van der Waals surface area contributed by atoms with Crippen molar-refractivity contribution >= 4 is 23.5 Å². The third-order valence-electron chi connectivity index (χ3n) is 7.22. The van der Waals surface area contributed by atoms with E-state index < -0.39 is 23.6 Å². The molecule has 1 atom stereocenters. The Labute approximate surface area is 239 Å². The Kier molecular flexibility index (Phi) is 9.43. The van der Waals surface area contributed by atoms with Crippen LogP contribution in [0.4, 0.5) is 4.39 Å². The Bertz CT molecular complexity index is 1370. The molecule has 3 aromatic rings. The molecule has 1 fully saturated rings. The van der Waals surface area contributed by atoms with E-state index >= 15 is 0 Å². The first-order valence-corrected chi connectivity index (χ1v) is 13.8. The maximum atomic E-state index is 14.3. The molecule has 1 saturated carbocycles. The summed E-state index contributed by atoms with van der Waals surface area (Å²) in [6.45, 7) is 2.03. The van der Waals surface area contributed by atoms with Crippen LogP contribution in [-0.2, 0) is 4.79 Å². The van der Waals surface area contributed by atoms with Gasteiger partial charge in [-0.2, -0.15) is 0 Å². The van der Waals surface area contributed by atoms with Crippen LogP contribution in [0.2, 0.25) is 5.02 Å². The standard InChI is InChI=1S/C31H35ClFN3O4/c1-20-9-5-6-10-23(20)24-12-14-26(29(37)35-31(30(38)39)15-7-4-8-16-31)34-28(24)21-11-13-25(32)27(17-21)40-19-22(33)18-36(2)3/h5-6,9-14,17,22H,4,7-8,15-16,18-19H2,1-3H3,(H,35,37)(H,38,39). The summed E-state index contributed by atoms with van der Waals surface area (Å²) < 4.78 is 20.1. The number of carboxylic acid groups (broad SMARTS) is 1. The van der Waals surface area contributed by atoms with Gasteiger partial charge >= 0.3 is 5.97 Å². The fourth-order valence-electron chi connectivity index (χ4n) is 5.12. The molecule has 1 aromatic heterocycles. The first-order valence-electron chi connectivity index (χ1n) is 13.4. The lowest BCUT2D eigenvalue weighted by Gasteiger charge is -2.33. The summed E-state index contributed by atoms with van der Waals surface area (Å²) in [6, 6.07) is 16.4. The van der Waals surface area contributed by atoms with E-state index in [9.17, 15) is 19.1 Å². The number of aryl methyl sites for hydroxylation is 1. The van der Waals surface area contributed by atoms with Gasteiger partial charge < -0.3 is 20.1 Å². The van der Waals surface area contributed by atoms with E-state index in [4.69, 9.17) is 21.3 Å². The minimum Gasteiger partial charge on any atom is -0.489 e. The molecule has 7 nitrogen and oxygen atoms in total. The number of carboxylic acids is 1. The van der Waals surface area contributed by atoms with E-state index in [2.05, 4.69) is 5.32 Å². The fraction of sp³-hybridized carbons (Fsp3) is 0.387. The normalized spacial score (nSPS) is 15.4. The highest BCUT2D eigenvalue weighted by Crippen LogP contribution is 2.37. The molecule has 212 valence electrons. The summed E-state index contributed by atoms with van der Waals surface area (Å²) in [6.07, 6.45) is 1.97. The van der Waals surface area contributed by atoms with Crippen molar-refractivity contribution in [3.8, 4) is 28.1 Å². The van der Waals surface area contributed by atoms with Crippen molar-refractivity contribution in [3.05, 3.63) is 70.9 Å². The van der Waals surface area contributed by atoms with Gasteiger partial charge in [-0.3, -0.25) is 4.79 Å². The third-order valence-corrected chi connectivity index (χ3v) is 7.53. The summed E-state index contributed by atoms with van der Waals surface area (Å²) in [5, 5.41) is 13.0. The highest BCUT2D eigenvalue weighted by Gasteiger charge is 2.41. The summed E-state index contributed by atoms with van der Waals surface area (Å²) in [7, 11) is 3.57. The van der Waals surface area contributed by atoms with Crippen molar-refractivity contribution in [1.82, 2.24) is 15.2 Å². The second-order valence-corrected chi connectivity index (χ2v) is 11.0. The molecule has 0 radical (unpaired) electrons. The second kappa shape index (κ2) is 12.8. The molecule has 40 heavy (non-hydrogen) atoms. The average molecular weight is 568 g/mol. The van der Waals surface area contributed by atoms with E-state index in [1.807, 2.05) is 37.3 Å². The van der Waals surface area contributed by atoms with E-state index in [1.54, 1.807) is 43.3 Å². The van der Waals surface area contributed by atoms with Crippen molar-refractivity contribution in [3.63, 3.8) is 0 Å². The smallest absolute Gasteiger partial charge is 0.329 e. The number of nitrogens with one attached hydrogen (secondary N) is 1. The summed E-state index contributed by atoms with van der Waals surface area (Å²) in [5.41, 5.74) is 2.66. The molecule has 2 N–H and O–H groups in total. The lowest BCUT2D eigenvalue weighted by molar-refractivity contribution is -0.145. The molecule has 1 aliphatic carbocycles. The van der Waals surface area contributed by atoms with E-state index in [0.29, 0.717) is 34.9 Å². The van der Waals surface area contributed by atoms with Gasteiger partial charge in [0.2, 0.25) is 0 Å². The monoisotopic (exact) mass is 567 g/mol. The Morgan fingerprint density at radius 1 is 1.10 bits per heavy atom. The number of amides is 1. The zero-order valence-electron chi connectivity index (χ0n) is 23.0. The molecule has 1 amide bonds. The maximum Gasteiger partial charge on any atom is 0.329 e. The molecule has 0 bridgehead atoms. The quantitative estimate of drug-likeness (QED) is 0.304. The van der Waals surface area contributed by atoms with Crippen LogP contribution in [0.25, 0.3) is 22.4 Å². The van der Waals surface area contributed by atoms with Gasteiger partial charge in [0.25, 0.3) is 5.91 Å². The van der Waals surface area contributed by atoms with Crippen LogP contribution in [0.3, 0.4) is 0 Å².